The van der Waals surface area contributed by atoms with Crippen LogP contribution in [0.1, 0.15) is 97.3 Å². The van der Waals surface area contributed by atoms with Gasteiger partial charge in [0, 0.05) is 18.9 Å². The Kier molecular flexibility index (Phi) is 12.1. The summed E-state index contributed by atoms with van der Waals surface area (Å²) in [6, 6.07) is 0.653. The molecule has 8 heteroatoms. The van der Waals surface area contributed by atoms with Gasteiger partial charge < -0.3 is 14.4 Å². The van der Waals surface area contributed by atoms with Crippen LogP contribution in [0.2, 0.25) is 0 Å². The van der Waals surface area contributed by atoms with Gasteiger partial charge in [-0.1, -0.05) is 32.8 Å². The van der Waals surface area contributed by atoms with Gasteiger partial charge in [0.15, 0.2) is 5.60 Å². The maximum absolute atomic E-state index is 12.1. The van der Waals surface area contributed by atoms with Crippen LogP contribution in [-0.2, 0) is 9.53 Å². The topological polar surface area (TPSA) is 64.4 Å². The minimum Gasteiger partial charge on any atom is -0.501 e. The SMILES string of the molecule is CCC/C=c1/c(=C\C=C(/C)OC)nc(C)n1C1CCC1.CCCCC(=O)CC(C)(O)C(F)(F)F. The van der Waals surface area contributed by atoms with Crippen LogP contribution in [0.25, 0.3) is 12.2 Å². The molecule has 1 aromatic heterocycles. The smallest absolute Gasteiger partial charge is 0.417 e. The maximum Gasteiger partial charge on any atom is 0.417 e. The largest absolute Gasteiger partial charge is 0.501 e. The summed E-state index contributed by atoms with van der Waals surface area (Å²) in [5.74, 6) is 1.49. The lowest BCUT2D eigenvalue weighted by Crippen LogP contribution is -2.43. The molecule has 34 heavy (non-hydrogen) atoms. The number of hydrogen-bond donors (Lipinski definition) is 1. The molecule has 0 amide bonds. The number of carbonyl (C=O) groups excluding carboxylic acids is 1. The molecule has 0 aliphatic heterocycles. The van der Waals surface area contributed by atoms with Crippen LogP contribution in [0.5, 0.6) is 0 Å². The van der Waals surface area contributed by atoms with E-state index in [1.165, 1.54) is 31.0 Å². The molecule has 1 aliphatic rings. The van der Waals surface area contributed by atoms with Crippen LogP contribution < -0.4 is 10.7 Å². The minimum absolute atomic E-state index is 0.0999. The molecular weight excluding hydrogens is 445 g/mol. The highest BCUT2D eigenvalue weighted by atomic mass is 19.4. The summed E-state index contributed by atoms with van der Waals surface area (Å²) in [6.07, 6.45) is 8.41. The average molecular weight is 487 g/mol. The van der Waals surface area contributed by atoms with Crippen molar-refractivity contribution in [3.63, 3.8) is 0 Å². The van der Waals surface area contributed by atoms with Gasteiger partial charge in [0.25, 0.3) is 0 Å². The zero-order chi connectivity index (χ0) is 25.9. The van der Waals surface area contributed by atoms with E-state index in [4.69, 9.17) is 14.8 Å². The van der Waals surface area contributed by atoms with E-state index in [1.54, 1.807) is 7.11 Å². The summed E-state index contributed by atoms with van der Waals surface area (Å²) in [5.41, 5.74) is -2.89. The number of methoxy groups -OCH3 is 1. The van der Waals surface area contributed by atoms with E-state index < -0.39 is 24.0 Å². The number of rotatable bonds is 10. The lowest BCUT2D eigenvalue weighted by Gasteiger charge is -2.28. The van der Waals surface area contributed by atoms with Crippen LogP contribution in [0.4, 0.5) is 13.2 Å². The predicted molar refractivity (Wildman–Crippen MR) is 130 cm³/mol. The number of alkyl halides is 3. The molecule has 1 heterocycles. The fourth-order valence-corrected chi connectivity index (χ4v) is 3.51. The number of aryl methyl sites for hydroxylation is 1. The molecule has 0 saturated heterocycles. The summed E-state index contributed by atoms with van der Waals surface area (Å²) < 4.78 is 44.0. The number of ketones is 1. The van der Waals surface area contributed by atoms with Crippen LogP contribution in [0, 0.1) is 6.92 Å². The molecule has 0 spiro atoms. The molecule has 1 atom stereocenters. The lowest BCUT2D eigenvalue weighted by molar-refractivity contribution is -0.253. The Morgan fingerprint density at radius 1 is 1.26 bits per heavy atom. The van der Waals surface area contributed by atoms with Crippen molar-refractivity contribution in [3.8, 4) is 0 Å². The van der Waals surface area contributed by atoms with Crippen molar-refractivity contribution in [2.45, 2.75) is 110 Å². The third-order valence-electron chi connectivity index (χ3n) is 5.98. The second-order valence-corrected chi connectivity index (χ2v) is 9.12. The van der Waals surface area contributed by atoms with E-state index in [1.807, 2.05) is 19.9 Å². The molecular formula is C26H41F3N2O3. The minimum atomic E-state index is -4.74. The van der Waals surface area contributed by atoms with Crippen LogP contribution in [0.3, 0.4) is 0 Å². The number of aliphatic hydroxyl groups is 1. The van der Waals surface area contributed by atoms with E-state index in [0.29, 0.717) is 19.4 Å². The number of allylic oxidation sites excluding steroid dienone is 2. The Bertz CT molecular complexity index is 926. The van der Waals surface area contributed by atoms with E-state index in [0.717, 1.165) is 29.8 Å². The molecule has 0 radical (unpaired) electrons. The number of unbranched alkanes of at least 4 members (excludes halogenated alkanes) is 2. The first kappa shape index (κ1) is 29.9. The Morgan fingerprint density at radius 2 is 1.91 bits per heavy atom. The Labute approximate surface area is 201 Å². The summed E-state index contributed by atoms with van der Waals surface area (Å²) >= 11 is 0. The summed E-state index contributed by atoms with van der Waals surface area (Å²) in [7, 11) is 1.70. The molecule has 0 bridgehead atoms. The highest BCUT2D eigenvalue weighted by Gasteiger charge is 2.50. The quantitative estimate of drug-likeness (QED) is 0.457. The number of hydrogen-bond acceptors (Lipinski definition) is 4. The number of aromatic nitrogens is 2. The monoisotopic (exact) mass is 486 g/mol. The van der Waals surface area contributed by atoms with Crippen LogP contribution in [0.15, 0.2) is 11.8 Å². The van der Waals surface area contributed by atoms with Crippen molar-refractivity contribution in [3.05, 3.63) is 28.4 Å². The average Bonchev–Trinajstić information content (AvgIpc) is 3.02. The first-order chi connectivity index (χ1) is 15.9. The zero-order valence-corrected chi connectivity index (χ0v) is 21.5. The number of Topliss-reactive ketones (excluding diaryl/α,β-unsaturated/α-hetero) is 1. The first-order valence-electron chi connectivity index (χ1n) is 12.2. The van der Waals surface area contributed by atoms with Gasteiger partial charge in [0.2, 0.25) is 0 Å². The Balaban J connectivity index is 0.000000365. The predicted octanol–water partition coefficient (Wildman–Crippen LogP) is 5.28. The van der Waals surface area contributed by atoms with E-state index in [-0.39, 0.29) is 6.42 Å². The molecule has 1 fully saturated rings. The second-order valence-electron chi connectivity index (χ2n) is 9.12. The highest BCUT2D eigenvalue weighted by molar-refractivity contribution is 5.79. The molecule has 1 N–H and O–H groups in total. The maximum atomic E-state index is 12.1. The van der Waals surface area contributed by atoms with Gasteiger partial charge in [-0.3, -0.25) is 4.79 Å². The van der Waals surface area contributed by atoms with Gasteiger partial charge in [0.1, 0.15) is 11.6 Å². The van der Waals surface area contributed by atoms with Crippen molar-refractivity contribution in [2.75, 3.05) is 7.11 Å². The van der Waals surface area contributed by atoms with Gasteiger partial charge in [-0.2, -0.15) is 13.2 Å². The zero-order valence-electron chi connectivity index (χ0n) is 21.5. The summed E-state index contributed by atoms with van der Waals surface area (Å²) in [4.78, 5) is 15.8. The van der Waals surface area contributed by atoms with Crippen LogP contribution in [-0.4, -0.2) is 39.3 Å². The molecule has 2 rings (SSSR count). The third-order valence-corrected chi connectivity index (χ3v) is 5.98. The third kappa shape index (κ3) is 8.93. The molecule has 1 saturated carbocycles. The molecule has 1 aliphatic carbocycles. The van der Waals surface area contributed by atoms with Gasteiger partial charge in [-0.15, -0.1) is 0 Å². The Morgan fingerprint density at radius 3 is 2.38 bits per heavy atom. The summed E-state index contributed by atoms with van der Waals surface area (Å²) in [5, 5.41) is 11.3. The van der Waals surface area contributed by atoms with E-state index in [2.05, 4.69) is 30.6 Å². The molecule has 5 nitrogen and oxygen atoms in total. The van der Waals surface area contributed by atoms with Crippen molar-refractivity contribution < 1.29 is 27.8 Å². The Hall–Kier alpha value is -2.09. The summed E-state index contributed by atoms with van der Waals surface area (Å²) in [6.45, 7) is 8.76. The van der Waals surface area contributed by atoms with Crippen molar-refractivity contribution in [1.29, 1.82) is 0 Å². The van der Waals surface area contributed by atoms with Gasteiger partial charge in [-0.05, 0) is 65.0 Å². The fraction of sp³-hybridized carbons (Fsp3) is 0.692. The van der Waals surface area contributed by atoms with E-state index in [9.17, 15) is 18.0 Å². The number of carbonyl (C=O) groups is 1. The van der Waals surface area contributed by atoms with Crippen LogP contribution >= 0.6 is 0 Å². The van der Waals surface area contributed by atoms with E-state index >= 15 is 0 Å². The van der Waals surface area contributed by atoms with Gasteiger partial charge in [0.05, 0.1) is 23.6 Å². The lowest BCUT2D eigenvalue weighted by atomic mass is 9.92. The number of ether oxygens (including phenoxy) is 1. The number of halogens is 3. The fourth-order valence-electron chi connectivity index (χ4n) is 3.51. The van der Waals surface area contributed by atoms with Crippen molar-refractivity contribution in [1.82, 2.24) is 9.55 Å². The second kappa shape index (κ2) is 13.7. The van der Waals surface area contributed by atoms with Gasteiger partial charge >= 0.3 is 6.18 Å². The standard InChI is InChI=1S/C17H26N2O.C9H15F3O2/c1-5-6-10-17-16(12-11-13(2)20-4)18-14(3)19(17)15-8-7-9-15;1-3-4-5-7(13)6-8(2,14)9(10,11)12/h10-12,15H,5-9H2,1-4H3;14H,3-6H2,1-2H3/b13-11+,16-12+,17-10-;. The highest BCUT2D eigenvalue weighted by Crippen LogP contribution is 2.33. The van der Waals surface area contributed by atoms with Gasteiger partial charge in [-0.25, -0.2) is 4.98 Å². The number of nitrogens with zero attached hydrogens (tertiary/aromatic N) is 2. The molecule has 1 unspecified atom stereocenters. The van der Waals surface area contributed by atoms with Crippen molar-refractivity contribution in [2.24, 2.45) is 0 Å². The molecule has 1 aromatic rings. The normalized spacial score (nSPS) is 17.6. The molecule has 0 aromatic carbocycles. The van der Waals surface area contributed by atoms with Crippen molar-refractivity contribution >= 4 is 17.9 Å². The first-order valence-corrected chi connectivity index (χ1v) is 12.2. The number of imidazole rings is 1. The molecule has 194 valence electrons.